The summed E-state index contributed by atoms with van der Waals surface area (Å²) in [6.45, 7) is 2.18. The number of pyridine rings is 1. The van der Waals surface area contributed by atoms with Gasteiger partial charge in [-0.15, -0.1) is 0 Å². The maximum Gasteiger partial charge on any atom is 0.239 e. The quantitative estimate of drug-likeness (QED) is 0.833. The number of anilines is 1. The van der Waals surface area contributed by atoms with E-state index in [2.05, 4.69) is 0 Å². The Morgan fingerprint density at radius 2 is 2.20 bits per heavy atom. The lowest BCUT2D eigenvalue weighted by molar-refractivity contribution is 0.114. The van der Waals surface area contributed by atoms with Crippen LogP contribution in [0.4, 0.5) is 14.5 Å². The summed E-state index contributed by atoms with van der Waals surface area (Å²) in [5.74, 6) is -0.146. The predicted octanol–water partition coefficient (Wildman–Crippen LogP) is 1.72. The highest BCUT2D eigenvalue weighted by Crippen LogP contribution is 2.12. The number of halogens is 2. The van der Waals surface area contributed by atoms with Crippen molar-refractivity contribution < 1.29 is 8.78 Å². The van der Waals surface area contributed by atoms with Crippen LogP contribution in [0.15, 0.2) is 23.3 Å². The molecule has 0 fully saturated rings. The maximum absolute atomic E-state index is 12.0. The van der Waals surface area contributed by atoms with Crippen molar-refractivity contribution >= 4 is 5.69 Å². The van der Waals surface area contributed by atoms with Crippen molar-refractivity contribution in [1.29, 1.82) is 0 Å². The molecule has 0 amide bonds. The Bertz CT molecular complexity index is 376. The molecule has 84 valence electrons. The molecule has 0 spiro atoms. The van der Waals surface area contributed by atoms with E-state index in [-0.39, 0.29) is 23.5 Å². The van der Waals surface area contributed by atoms with Crippen LogP contribution in [0, 0.1) is 5.92 Å². The lowest BCUT2D eigenvalue weighted by Crippen LogP contribution is -2.15. The van der Waals surface area contributed by atoms with Crippen molar-refractivity contribution in [3.05, 3.63) is 28.7 Å². The molecule has 1 atom stereocenters. The van der Waals surface area contributed by atoms with E-state index in [1.165, 1.54) is 12.3 Å². The van der Waals surface area contributed by atoms with Gasteiger partial charge in [-0.1, -0.05) is 6.92 Å². The van der Waals surface area contributed by atoms with Gasteiger partial charge in [-0.2, -0.15) is 0 Å². The smallest absolute Gasteiger partial charge is 0.239 e. The number of nitrogens with two attached hydrogens (primary N) is 1. The van der Waals surface area contributed by atoms with Crippen LogP contribution in [0.5, 0.6) is 0 Å². The minimum absolute atomic E-state index is 0.141. The van der Waals surface area contributed by atoms with Crippen LogP contribution in [0.3, 0.4) is 0 Å². The molecule has 0 bridgehead atoms. The van der Waals surface area contributed by atoms with E-state index in [0.717, 1.165) is 0 Å². The topological polar surface area (TPSA) is 48.0 Å². The molecular formula is C10H14F2N2O. The molecule has 1 aromatic rings. The lowest BCUT2D eigenvalue weighted by Gasteiger charge is -2.13. The Morgan fingerprint density at radius 1 is 1.53 bits per heavy atom. The second-order valence-electron chi connectivity index (χ2n) is 3.69. The van der Waals surface area contributed by atoms with Crippen molar-refractivity contribution in [2.45, 2.75) is 26.3 Å². The van der Waals surface area contributed by atoms with Crippen LogP contribution in [-0.2, 0) is 6.54 Å². The Hall–Kier alpha value is -1.39. The van der Waals surface area contributed by atoms with Crippen LogP contribution in [-0.4, -0.2) is 11.0 Å². The third-order valence-corrected chi connectivity index (χ3v) is 2.11. The van der Waals surface area contributed by atoms with Gasteiger partial charge in [0, 0.05) is 31.4 Å². The van der Waals surface area contributed by atoms with Gasteiger partial charge in [0.2, 0.25) is 11.9 Å². The molecule has 0 aliphatic carbocycles. The summed E-state index contributed by atoms with van der Waals surface area (Å²) in [6, 6.07) is 1.34. The van der Waals surface area contributed by atoms with E-state index in [1.54, 1.807) is 17.7 Å². The van der Waals surface area contributed by atoms with E-state index in [0.29, 0.717) is 6.54 Å². The molecule has 3 nitrogen and oxygen atoms in total. The summed E-state index contributed by atoms with van der Waals surface area (Å²) < 4.78 is 25.8. The first-order valence-electron chi connectivity index (χ1n) is 4.72. The lowest BCUT2D eigenvalue weighted by atomic mass is 10.1. The Labute approximate surface area is 86.5 Å². The summed E-state index contributed by atoms with van der Waals surface area (Å²) in [5, 5.41) is 0. The molecule has 15 heavy (non-hydrogen) atoms. The first-order chi connectivity index (χ1) is 6.99. The largest absolute Gasteiger partial charge is 0.394 e. The number of hydrogen-bond acceptors (Lipinski definition) is 2. The van der Waals surface area contributed by atoms with Crippen molar-refractivity contribution in [2.24, 2.45) is 5.92 Å². The number of nitrogens with zero attached hydrogens (tertiary/aromatic N) is 1. The maximum atomic E-state index is 12.0. The summed E-state index contributed by atoms with van der Waals surface area (Å²) in [6.07, 6.45) is 0.591. The van der Waals surface area contributed by atoms with Crippen LogP contribution in [0.2, 0.25) is 0 Å². The molecule has 5 heteroatoms. The van der Waals surface area contributed by atoms with Crippen molar-refractivity contribution in [3.8, 4) is 0 Å². The minimum Gasteiger partial charge on any atom is -0.394 e. The molecule has 1 heterocycles. The van der Waals surface area contributed by atoms with E-state index < -0.39 is 6.43 Å². The average molecular weight is 216 g/mol. The molecule has 0 aliphatic rings. The van der Waals surface area contributed by atoms with Gasteiger partial charge in [-0.3, -0.25) is 4.79 Å². The highest BCUT2D eigenvalue weighted by atomic mass is 19.3. The average Bonchev–Trinajstić information content (AvgIpc) is 2.10. The van der Waals surface area contributed by atoms with Gasteiger partial charge in [0.25, 0.3) is 0 Å². The molecule has 0 aromatic carbocycles. The van der Waals surface area contributed by atoms with Crippen LogP contribution < -0.4 is 11.2 Å². The van der Waals surface area contributed by atoms with Crippen LogP contribution >= 0.6 is 0 Å². The third kappa shape index (κ3) is 3.69. The second kappa shape index (κ2) is 4.91. The number of aromatic nitrogens is 1. The van der Waals surface area contributed by atoms with Gasteiger partial charge in [0.15, 0.2) is 0 Å². The Kier molecular flexibility index (Phi) is 3.82. The Balaban J connectivity index is 2.64. The van der Waals surface area contributed by atoms with Crippen molar-refractivity contribution in [2.75, 3.05) is 5.73 Å². The van der Waals surface area contributed by atoms with Gasteiger partial charge in [-0.25, -0.2) is 8.78 Å². The minimum atomic E-state index is -2.29. The standard InChI is InChI=1S/C10H14F2N2O/c1-7(4-10(11)12)5-14-3-2-9(15)8(13)6-14/h2-3,6-7,10H,4-5,13H2,1H3. The number of rotatable bonds is 4. The SMILES string of the molecule is CC(CC(F)F)Cn1ccc(=O)c(N)c1. The Morgan fingerprint density at radius 3 is 2.73 bits per heavy atom. The van der Waals surface area contributed by atoms with E-state index in [4.69, 9.17) is 5.73 Å². The first kappa shape index (κ1) is 11.7. The van der Waals surface area contributed by atoms with E-state index in [9.17, 15) is 13.6 Å². The molecule has 0 aliphatic heterocycles. The van der Waals surface area contributed by atoms with Crippen molar-refractivity contribution in [3.63, 3.8) is 0 Å². The number of nitrogen functional groups attached to an aromatic ring is 1. The summed E-state index contributed by atoms with van der Waals surface area (Å²) in [4.78, 5) is 11.0. The first-order valence-corrected chi connectivity index (χ1v) is 4.72. The molecule has 1 rings (SSSR count). The molecule has 1 aromatic heterocycles. The summed E-state index contributed by atoms with van der Waals surface area (Å²) in [5.41, 5.74) is 5.31. The normalized spacial score (nSPS) is 13.1. The molecule has 2 N–H and O–H groups in total. The highest BCUT2D eigenvalue weighted by molar-refractivity contribution is 5.33. The zero-order valence-corrected chi connectivity index (χ0v) is 8.49. The number of hydrogen-bond donors (Lipinski definition) is 1. The van der Waals surface area contributed by atoms with Gasteiger partial charge in [0.05, 0.1) is 5.69 Å². The summed E-state index contributed by atoms with van der Waals surface area (Å²) >= 11 is 0. The molecule has 0 saturated carbocycles. The monoisotopic (exact) mass is 216 g/mol. The molecule has 0 saturated heterocycles. The van der Waals surface area contributed by atoms with Crippen LogP contribution in [0.25, 0.3) is 0 Å². The second-order valence-corrected chi connectivity index (χ2v) is 3.69. The fraction of sp³-hybridized carbons (Fsp3) is 0.500. The van der Waals surface area contributed by atoms with Crippen molar-refractivity contribution in [1.82, 2.24) is 4.57 Å². The van der Waals surface area contributed by atoms with E-state index in [1.807, 2.05) is 0 Å². The summed E-state index contributed by atoms with van der Waals surface area (Å²) in [7, 11) is 0. The molecule has 1 unspecified atom stereocenters. The third-order valence-electron chi connectivity index (χ3n) is 2.11. The van der Waals surface area contributed by atoms with Crippen LogP contribution in [0.1, 0.15) is 13.3 Å². The number of alkyl halides is 2. The molecule has 0 radical (unpaired) electrons. The van der Waals surface area contributed by atoms with Gasteiger partial charge in [-0.05, 0) is 5.92 Å². The van der Waals surface area contributed by atoms with E-state index >= 15 is 0 Å². The van der Waals surface area contributed by atoms with Gasteiger partial charge >= 0.3 is 0 Å². The van der Waals surface area contributed by atoms with Gasteiger partial charge < -0.3 is 10.3 Å². The molecular weight excluding hydrogens is 202 g/mol. The fourth-order valence-electron chi connectivity index (χ4n) is 1.40. The zero-order valence-electron chi connectivity index (χ0n) is 8.49. The van der Waals surface area contributed by atoms with Gasteiger partial charge in [0.1, 0.15) is 0 Å². The highest BCUT2D eigenvalue weighted by Gasteiger charge is 2.10. The predicted molar refractivity (Wildman–Crippen MR) is 54.9 cm³/mol. The fourth-order valence-corrected chi connectivity index (χ4v) is 1.40. The zero-order chi connectivity index (χ0) is 11.4.